The van der Waals surface area contributed by atoms with Gasteiger partial charge in [0, 0.05) is 18.8 Å². The largest absolute Gasteiger partial charge is 0.492 e. The van der Waals surface area contributed by atoms with Crippen LogP contribution in [0.25, 0.3) is 0 Å². The first kappa shape index (κ1) is 21.7. The van der Waals surface area contributed by atoms with Crippen molar-refractivity contribution in [3.05, 3.63) is 24.3 Å². The second-order valence-electron chi connectivity index (χ2n) is 7.50. The fourth-order valence-corrected chi connectivity index (χ4v) is 3.46. The molecule has 0 radical (unpaired) electrons. The summed E-state index contributed by atoms with van der Waals surface area (Å²) in [4.78, 5) is 15.2. The van der Waals surface area contributed by atoms with Gasteiger partial charge in [-0.15, -0.1) is 0 Å². The molecule has 1 N–H and O–H groups in total. The Balaban J connectivity index is 1.81. The molecular weight excluding hydrogens is 340 g/mol. The van der Waals surface area contributed by atoms with Crippen LogP contribution < -0.4 is 10.1 Å². The average Bonchev–Trinajstić information content (AvgIpc) is 2.69. The summed E-state index contributed by atoms with van der Waals surface area (Å²) in [6, 6.07) is 7.60. The van der Waals surface area contributed by atoms with E-state index in [0.717, 1.165) is 37.2 Å². The number of carbonyl (C=O) groups is 1. The van der Waals surface area contributed by atoms with E-state index in [-0.39, 0.29) is 5.91 Å². The van der Waals surface area contributed by atoms with E-state index in [0.29, 0.717) is 13.2 Å². The van der Waals surface area contributed by atoms with Crippen molar-refractivity contribution in [2.45, 2.75) is 64.9 Å². The zero-order valence-corrected chi connectivity index (χ0v) is 17.3. The number of nitrogens with one attached hydrogen (secondary N) is 1. The van der Waals surface area contributed by atoms with Gasteiger partial charge in [0.1, 0.15) is 18.0 Å². The molecule has 0 saturated carbocycles. The number of amides is 1. The van der Waals surface area contributed by atoms with Gasteiger partial charge in [0.15, 0.2) is 0 Å². The molecule has 1 aliphatic heterocycles. The smallest absolute Gasteiger partial charge is 0.256 e. The van der Waals surface area contributed by atoms with Gasteiger partial charge >= 0.3 is 0 Å². The van der Waals surface area contributed by atoms with Gasteiger partial charge in [-0.25, -0.2) is 0 Å². The second-order valence-corrected chi connectivity index (χ2v) is 7.50. The molecule has 0 bridgehead atoms. The lowest BCUT2D eigenvalue weighted by atomic mass is 9.97. The second kappa shape index (κ2) is 11.3. The lowest BCUT2D eigenvalue weighted by Gasteiger charge is -2.28. The van der Waals surface area contributed by atoms with Crippen molar-refractivity contribution in [1.82, 2.24) is 4.90 Å². The quantitative estimate of drug-likeness (QED) is 0.619. The van der Waals surface area contributed by atoms with Crippen molar-refractivity contribution in [2.75, 3.05) is 38.2 Å². The normalized spacial score (nSPS) is 17.3. The van der Waals surface area contributed by atoms with Crippen molar-refractivity contribution in [3.8, 4) is 5.75 Å². The maximum absolute atomic E-state index is 12.7. The molecule has 1 aromatic rings. The Labute approximate surface area is 164 Å². The Morgan fingerprint density at radius 3 is 2.48 bits per heavy atom. The van der Waals surface area contributed by atoms with Gasteiger partial charge in [-0.3, -0.25) is 9.69 Å². The van der Waals surface area contributed by atoms with Crippen LogP contribution in [0.3, 0.4) is 0 Å². The minimum absolute atomic E-state index is 0.0865. The lowest BCUT2D eigenvalue weighted by Crippen LogP contribution is -2.42. The predicted octanol–water partition coefficient (Wildman–Crippen LogP) is 4.48. The van der Waals surface area contributed by atoms with Crippen LogP contribution in [-0.4, -0.2) is 49.3 Å². The van der Waals surface area contributed by atoms with E-state index < -0.39 is 5.60 Å². The molecule has 1 aromatic carbocycles. The van der Waals surface area contributed by atoms with Crippen LogP contribution >= 0.6 is 0 Å². The molecule has 1 aliphatic rings. The maximum atomic E-state index is 12.7. The number of hydrogen-bond donors (Lipinski definition) is 1. The minimum Gasteiger partial charge on any atom is -0.492 e. The highest BCUT2D eigenvalue weighted by molar-refractivity contribution is 5.97. The molecule has 1 fully saturated rings. The average molecular weight is 377 g/mol. The van der Waals surface area contributed by atoms with Crippen LogP contribution in [-0.2, 0) is 9.53 Å². The summed E-state index contributed by atoms with van der Waals surface area (Å²) in [6.07, 6.45) is 6.68. The van der Waals surface area contributed by atoms with Crippen molar-refractivity contribution in [3.63, 3.8) is 0 Å². The third-order valence-corrected chi connectivity index (χ3v) is 5.19. The number of carbonyl (C=O) groups excluding carboxylic acids is 1. The van der Waals surface area contributed by atoms with Crippen LogP contribution in [0, 0.1) is 0 Å². The molecule has 0 spiro atoms. The molecule has 2 rings (SSSR count). The molecule has 1 heterocycles. The highest BCUT2D eigenvalue weighted by Gasteiger charge is 2.33. The fraction of sp³-hybridized carbons (Fsp3) is 0.682. The minimum atomic E-state index is -0.783. The number of benzene rings is 1. The summed E-state index contributed by atoms with van der Waals surface area (Å²) in [7, 11) is 0. The standard InChI is InChI=1S/C22H36N2O3/c1-4-6-14-22(3,27-5-2)21(25)23-19-10-12-20(13-11-19)26-18-17-24-15-8-7-9-16-24/h10-13H,4-9,14-18H2,1-3H3,(H,23,25). The third-order valence-electron chi connectivity index (χ3n) is 5.19. The van der Waals surface area contributed by atoms with E-state index in [1.54, 1.807) is 0 Å². The molecule has 1 saturated heterocycles. The van der Waals surface area contributed by atoms with Gasteiger partial charge in [0.2, 0.25) is 0 Å². The number of rotatable bonds is 11. The zero-order valence-electron chi connectivity index (χ0n) is 17.3. The molecular formula is C22H36N2O3. The Bertz CT molecular complexity index is 555. The summed E-state index contributed by atoms with van der Waals surface area (Å²) >= 11 is 0. The molecule has 5 nitrogen and oxygen atoms in total. The summed E-state index contributed by atoms with van der Waals surface area (Å²) in [5.41, 5.74) is -0.0141. The van der Waals surface area contributed by atoms with Gasteiger partial charge in [-0.2, -0.15) is 0 Å². The van der Waals surface area contributed by atoms with Crippen LogP contribution in [0.15, 0.2) is 24.3 Å². The van der Waals surface area contributed by atoms with Gasteiger partial charge in [-0.1, -0.05) is 26.2 Å². The number of ether oxygens (including phenoxy) is 2. The first-order valence-corrected chi connectivity index (χ1v) is 10.5. The van der Waals surface area contributed by atoms with Crippen LogP contribution in [0.5, 0.6) is 5.75 Å². The van der Waals surface area contributed by atoms with Crippen molar-refractivity contribution in [1.29, 1.82) is 0 Å². The summed E-state index contributed by atoms with van der Waals surface area (Å²) in [5, 5.41) is 2.98. The van der Waals surface area contributed by atoms with Crippen LogP contribution in [0.4, 0.5) is 5.69 Å². The SMILES string of the molecule is CCCCC(C)(OCC)C(=O)Nc1ccc(OCCN2CCCCC2)cc1. The topological polar surface area (TPSA) is 50.8 Å². The van der Waals surface area contributed by atoms with E-state index in [9.17, 15) is 4.79 Å². The molecule has 1 unspecified atom stereocenters. The molecule has 0 aromatic heterocycles. The van der Waals surface area contributed by atoms with Crippen molar-refractivity contribution in [2.24, 2.45) is 0 Å². The number of nitrogens with zero attached hydrogens (tertiary/aromatic N) is 1. The molecule has 27 heavy (non-hydrogen) atoms. The van der Waals surface area contributed by atoms with Crippen molar-refractivity contribution >= 4 is 11.6 Å². The Morgan fingerprint density at radius 1 is 1.15 bits per heavy atom. The molecule has 152 valence electrons. The van der Waals surface area contributed by atoms with Crippen LogP contribution in [0.2, 0.25) is 0 Å². The van der Waals surface area contributed by atoms with E-state index >= 15 is 0 Å². The Kier molecular flexibility index (Phi) is 9.08. The Morgan fingerprint density at radius 2 is 1.85 bits per heavy atom. The van der Waals surface area contributed by atoms with E-state index in [4.69, 9.17) is 9.47 Å². The first-order chi connectivity index (χ1) is 13.1. The highest BCUT2D eigenvalue weighted by atomic mass is 16.5. The Hall–Kier alpha value is -1.59. The van der Waals surface area contributed by atoms with Crippen LogP contribution in [0.1, 0.15) is 59.3 Å². The van der Waals surface area contributed by atoms with E-state index in [1.165, 1.54) is 32.4 Å². The summed E-state index contributed by atoms with van der Waals surface area (Å²) in [5.74, 6) is 0.750. The van der Waals surface area contributed by atoms with E-state index in [2.05, 4.69) is 17.1 Å². The summed E-state index contributed by atoms with van der Waals surface area (Å²) in [6.45, 7) is 10.5. The molecule has 1 amide bonds. The monoisotopic (exact) mass is 376 g/mol. The number of piperidine rings is 1. The highest BCUT2D eigenvalue weighted by Crippen LogP contribution is 2.23. The molecule has 0 aliphatic carbocycles. The zero-order chi connectivity index (χ0) is 19.5. The number of hydrogen-bond acceptors (Lipinski definition) is 4. The fourth-order valence-electron chi connectivity index (χ4n) is 3.46. The van der Waals surface area contributed by atoms with E-state index in [1.807, 2.05) is 38.1 Å². The number of unbranched alkanes of at least 4 members (excludes halogenated alkanes) is 1. The lowest BCUT2D eigenvalue weighted by molar-refractivity contribution is -0.139. The van der Waals surface area contributed by atoms with Gasteiger partial charge in [-0.05, 0) is 70.5 Å². The maximum Gasteiger partial charge on any atom is 0.256 e. The number of likely N-dealkylation sites (tertiary alicyclic amines) is 1. The number of anilines is 1. The molecule has 5 heteroatoms. The van der Waals surface area contributed by atoms with Gasteiger partial charge in [0.25, 0.3) is 5.91 Å². The van der Waals surface area contributed by atoms with Gasteiger partial charge in [0.05, 0.1) is 0 Å². The first-order valence-electron chi connectivity index (χ1n) is 10.5. The third kappa shape index (κ3) is 7.15. The van der Waals surface area contributed by atoms with Crippen molar-refractivity contribution < 1.29 is 14.3 Å². The predicted molar refractivity (Wildman–Crippen MR) is 110 cm³/mol. The molecule has 1 atom stereocenters. The van der Waals surface area contributed by atoms with Gasteiger partial charge < -0.3 is 14.8 Å². The summed E-state index contributed by atoms with van der Waals surface area (Å²) < 4.78 is 11.6.